The summed E-state index contributed by atoms with van der Waals surface area (Å²) in [6, 6.07) is 8.26. The zero-order valence-corrected chi connectivity index (χ0v) is 8.38. The number of benzene rings is 1. The molecule has 0 fully saturated rings. The third kappa shape index (κ3) is 2.95. The van der Waals surface area contributed by atoms with Gasteiger partial charge < -0.3 is 0 Å². The van der Waals surface area contributed by atoms with Crippen molar-refractivity contribution in [2.75, 3.05) is 0 Å². The summed E-state index contributed by atoms with van der Waals surface area (Å²) in [7, 11) is 0. The van der Waals surface area contributed by atoms with Crippen LogP contribution in [0.15, 0.2) is 24.3 Å². The van der Waals surface area contributed by atoms with E-state index in [9.17, 15) is 0 Å². The zero-order valence-electron chi connectivity index (χ0n) is 8.38. The molecule has 0 aliphatic rings. The van der Waals surface area contributed by atoms with E-state index in [4.69, 9.17) is 6.42 Å². The van der Waals surface area contributed by atoms with Crippen molar-refractivity contribution in [2.45, 2.75) is 26.7 Å². The van der Waals surface area contributed by atoms with Crippen LogP contribution in [0.2, 0.25) is 0 Å². The molecular formula is C13H16. The largest absolute Gasteiger partial charge is 0.115 e. The van der Waals surface area contributed by atoms with Gasteiger partial charge in [-0.05, 0) is 30.0 Å². The maximum atomic E-state index is 5.33. The number of hydrogen-bond donors (Lipinski definition) is 0. The smallest absolute Gasteiger partial charge is 0.0245 e. The third-order valence-corrected chi connectivity index (χ3v) is 2.37. The highest BCUT2D eigenvalue weighted by Crippen LogP contribution is 2.12. The Kier molecular flexibility index (Phi) is 3.58. The molecule has 1 unspecified atom stereocenters. The zero-order chi connectivity index (χ0) is 9.68. The molecule has 1 atom stereocenters. The second-order valence-corrected chi connectivity index (χ2v) is 3.56. The lowest BCUT2D eigenvalue weighted by Crippen LogP contribution is -1.97. The number of rotatable bonds is 3. The van der Waals surface area contributed by atoms with Crippen molar-refractivity contribution >= 4 is 0 Å². The van der Waals surface area contributed by atoms with Gasteiger partial charge in [-0.3, -0.25) is 0 Å². The summed E-state index contributed by atoms with van der Waals surface area (Å²) >= 11 is 0. The molecule has 0 bridgehead atoms. The van der Waals surface area contributed by atoms with Gasteiger partial charge in [0.2, 0.25) is 0 Å². The van der Waals surface area contributed by atoms with Crippen molar-refractivity contribution < 1.29 is 0 Å². The van der Waals surface area contributed by atoms with E-state index in [1.165, 1.54) is 12.0 Å². The lowest BCUT2D eigenvalue weighted by molar-refractivity contribution is 0.560. The molecule has 0 aliphatic carbocycles. The van der Waals surface area contributed by atoms with E-state index < -0.39 is 0 Å². The summed E-state index contributed by atoms with van der Waals surface area (Å²) < 4.78 is 0. The molecule has 0 saturated heterocycles. The predicted molar refractivity (Wildman–Crippen MR) is 57.5 cm³/mol. The molecule has 0 heteroatoms. The standard InChI is InChI=1S/C13H16/c1-4-11(3)9-13-8-6-7-12(5-2)10-13/h2,6-8,10-11H,4,9H2,1,3H3. The van der Waals surface area contributed by atoms with Crippen molar-refractivity contribution in [1.29, 1.82) is 0 Å². The molecule has 0 spiro atoms. The summed E-state index contributed by atoms with van der Waals surface area (Å²) in [4.78, 5) is 0. The van der Waals surface area contributed by atoms with Gasteiger partial charge in [-0.2, -0.15) is 0 Å². The fourth-order valence-electron chi connectivity index (χ4n) is 1.33. The summed E-state index contributed by atoms with van der Waals surface area (Å²) in [5.41, 5.74) is 2.34. The van der Waals surface area contributed by atoms with E-state index >= 15 is 0 Å². The minimum atomic E-state index is 0.744. The van der Waals surface area contributed by atoms with Gasteiger partial charge in [0.1, 0.15) is 0 Å². The summed E-state index contributed by atoms with van der Waals surface area (Å²) in [5, 5.41) is 0. The third-order valence-electron chi connectivity index (χ3n) is 2.37. The first-order chi connectivity index (χ1) is 6.26. The molecule has 1 rings (SSSR count). The second kappa shape index (κ2) is 4.72. The van der Waals surface area contributed by atoms with Crippen LogP contribution in [0.25, 0.3) is 0 Å². The predicted octanol–water partition coefficient (Wildman–Crippen LogP) is 3.26. The van der Waals surface area contributed by atoms with Gasteiger partial charge in [0.05, 0.1) is 0 Å². The quantitative estimate of drug-likeness (QED) is 0.614. The van der Waals surface area contributed by atoms with E-state index in [2.05, 4.69) is 31.9 Å². The second-order valence-electron chi connectivity index (χ2n) is 3.56. The lowest BCUT2D eigenvalue weighted by atomic mass is 9.98. The molecular weight excluding hydrogens is 156 g/mol. The molecule has 68 valence electrons. The Morgan fingerprint density at radius 2 is 2.23 bits per heavy atom. The van der Waals surface area contributed by atoms with E-state index in [-0.39, 0.29) is 0 Å². The van der Waals surface area contributed by atoms with Crippen molar-refractivity contribution in [3.63, 3.8) is 0 Å². The Morgan fingerprint density at radius 3 is 2.85 bits per heavy atom. The first-order valence-electron chi connectivity index (χ1n) is 4.81. The molecule has 0 amide bonds. The van der Waals surface area contributed by atoms with Gasteiger partial charge in [0.25, 0.3) is 0 Å². The van der Waals surface area contributed by atoms with Crippen LogP contribution in [0.3, 0.4) is 0 Å². The normalized spacial score (nSPS) is 12.1. The molecule has 0 radical (unpaired) electrons. The monoisotopic (exact) mass is 172 g/mol. The van der Waals surface area contributed by atoms with E-state index in [0.29, 0.717) is 0 Å². The average molecular weight is 172 g/mol. The molecule has 0 N–H and O–H groups in total. The van der Waals surface area contributed by atoms with Crippen LogP contribution in [0, 0.1) is 18.3 Å². The topological polar surface area (TPSA) is 0 Å². The Hall–Kier alpha value is -1.22. The van der Waals surface area contributed by atoms with Crippen molar-refractivity contribution in [3.05, 3.63) is 35.4 Å². The van der Waals surface area contributed by atoms with Crippen LogP contribution in [0.5, 0.6) is 0 Å². The van der Waals surface area contributed by atoms with Crippen LogP contribution >= 0.6 is 0 Å². The fraction of sp³-hybridized carbons (Fsp3) is 0.385. The van der Waals surface area contributed by atoms with Gasteiger partial charge in [-0.15, -0.1) is 6.42 Å². The van der Waals surface area contributed by atoms with Gasteiger partial charge in [0.15, 0.2) is 0 Å². The Balaban J connectivity index is 2.73. The van der Waals surface area contributed by atoms with Crippen LogP contribution in [-0.4, -0.2) is 0 Å². The van der Waals surface area contributed by atoms with Crippen LogP contribution in [0.4, 0.5) is 0 Å². The highest BCUT2D eigenvalue weighted by Gasteiger charge is 2.00. The number of terminal acetylenes is 1. The minimum Gasteiger partial charge on any atom is -0.115 e. The Morgan fingerprint density at radius 1 is 1.46 bits per heavy atom. The summed E-state index contributed by atoms with van der Waals surface area (Å²) in [5.74, 6) is 3.40. The van der Waals surface area contributed by atoms with Crippen LogP contribution in [-0.2, 0) is 6.42 Å². The first kappa shape index (κ1) is 9.86. The van der Waals surface area contributed by atoms with Crippen molar-refractivity contribution in [1.82, 2.24) is 0 Å². The summed E-state index contributed by atoms with van der Waals surface area (Å²) in [6.45, 7) is 4.48. The van der Waals surface area contributed by atoms with Gasteiger partial charge in [-0.25, -0.2) is 0 Å². The number of hydrogen-bond acceptors (Lipinski definition) is 0. The average Bonchev–Trinajstić information content (AvgIpc) is 2.18. The Labute approximate surface area is 81.0 Å². The molecule has 1 aromatic rings. The Bertz CT molecular complexity index is 304. The molecule has 1 aromatic carbocycles. The van der Waals surface area contributed by atoms with Crippen LogP contribution < -0.4 is 0 Å². The van der Waals surface area contributed by atoms with E-state index in [1.54, 1.807) is 0 Å². The highest BCUT2D eigenvalue weighted by atomic mass is 14.1. The summed E-state index contributed by atoms with van der Waals surface area (Å²) in [6.07, 6.45) is 7.69. The minimum absolute atomic E-state index is 0.744. The van der Waals surface area contributed by atoms with Crippen LogP contribution in [0.1, 0.15) is 31.4 Å². The fourth-order valence-corrected chi connectivity index (χ4v) is 1.33. The first-order valence-corrected chi connectivity index (χ1v) is 4.81. The van der Waals surface area contributed by atoms with E-state index in [1.807, 2.05) is 12.1 Å². The lowest BCUT2D eigenvalue weighted by Gasteiger charge is -2.07. The maximum Gasteiger partial charge on any atom is 0.0245 e. The van der Waals surface area contributed by atoms with Gasteiger partial charge in [0, 0.05) is 5.56 Å². The van der Waals surface area contributed by atoms with Crippen molar-refractivity contribution in [3.8, 4) is 12.3 Å². The molecule has 0 nitrogen and oxygen atoms in total. The molecule has 13 heavy (non-hydrogen) atoms. The highest BCUT2D eigenvalue weighted by molar-refractivity contribution is 5.35. The SMILES string of the molecule is C#Cc1cccc(CC(C)CC)c1. The van der Waals surface area contributed by atoms with Gasteiger partial charge >= 0.3 is 0 Å². The van der Waals surface area contributed by atoms with Gasteiger partial charge in [-0.1, -0.05) is 38.3 Å². The van der Waals surface area contributed by atoms with E-state index in [0.717, 1.165) is 17.9 Å². The van der Waals surface area contributed by atoms with Crippen molar-refractivity contribution in [2.24, 2.45) is 5.92 Å². The maximum absolute atomic E-state index is 5.33. The molecule has 0 heterocycles. The molecule has 0 saturated carbocycles. The molecule has 0 aliphatic heterocycles. The molecule has 0 aromatic heterocycles.